The Morgan fingerprint density at radius 1 is 1.06 bits per heavy atom. The summed E-state index contributed by atoms with van der Waals surface area (Å²) in [6.07, 6.45) is 7.31. The normalized spacial score (nSPS) is 43.3. The van der Waals surface area contributed by atoms with Crippen molar-refractivity contribution in [3.05, 3.63) is 10.0 Å². The number of rotatable bonds is 2. The van der Waals surface area contributed by atoms with Gasteiger partial charge >= 0.3 is 0 Å². The van der Waals surface area contributed by atoms with Crippen LogP contribution in [-0.2, 0) is 0 Å². The molecule has 0 radical (unpaired) electrons. The number of nitrogens with zero attached hydrogens (tertiary/aromatic N) is 2. The van der Waals surface area contributed by atoms with Crippen LogP contribution in [0.5, 0.6) is 0 Å². The summed E-state index contributed by atoms with van der Waals surface area (Å²) in [6.45, 7) is 2.00. The van der Waals surface area contributed by atoms with Crippen LogP contribution >= 0.6 is 11.3 Å². The fraction of sp³-hybridized carbons (Fsp3) is 0.857. The molecule has 4 heteroatoms. The molecule has 1 heterocycles. The number of nitrogens with two attached hydrogens (primary N) is 1. The lowest BCUT2D eigenvalue weighted by Gasteiger charge is -2.53. The molecule has 18 heavy (non-hydrogen) atoms. The molecule has 0 aromatic carbocycles. The summed E-state index contributed by atoms with van der Waals surface area (Å²) in [6, 6.07) is 0.0353. The first-order valence-electron chi connectivity index (χ1n) is 7.29. The standard InChI is InChI=1S/C14H21N3S/c1-7(15)13-16-17-14(18-13)12-10-3-8-2-9(5-10)6-11(12)4-8/h7-12H,2-6,15H2,1H3. The van der Waals surface area contributed by atoms with Gasteiger partial charge in [-0.3, -0.25) is 0 Å². The summed E-state index contributed by atoms with van der Waals surface area (Å²) in [5.74, 6) is 4.57. The lowest BCUT2D eigenvalue weighted by molar-refractivity contribution is -0.00303. The monoisotopic (exact) mass is 263 g/mol. The van der Waals surface area contributed by atoms with Crippen LogP contribution < -0.4 is 5.73 Å². The van der Waals surface area contributed by atoms with E-state index in [0.717, 1.165) is 28.7 Å². The first-order valence-corrected chi connectivity index (χ1v) is 8.11. The third-order valence-corrected chi connectivity index (χ3v) is 6.58. The largest absolute Gasteiger partial charge is 0.322 e. The Bertz CT molecular complexity index is 426. The smallest absolute Gasteiger partial charge is 0.133 e. The van der Waals surface area contributed by atoms with Crippen molar-refractivity contribution in [2.45, 2.75) is 51.0 Å². The van der Waals surface area contributed by atoms with E-state index >= 15 is 0 Å². The zero-order valence-electron chi connectivity index (χ0n) is 10.9. The van der Waals surface area contributed by atoms with E-state index in [1.807, 2.05) is 6.92 Å². The van der Waals surface area contributed by atoms with Gasteiger partial charge in [0.25, 0.3) is 0 Å². The quantitative estimate of drug-likeness (QED) is 0.892. The highest BCUT2D eigenvalue weighted by Gasteiger charge is 2.49. The van der Waals surface area contributed by atoms with Crippen LogP contribution in [0, 0.1) is 23.7 Å². The molecule has 4 aliphatic carbocycles. The number of hydrogen-bond acceptors (Lipinski definition) is 4. The second-order valence-electron chi connectivity index (χ2n) is 6.72. The topological polar surface area (TPSA) is 51.8 Å². The van der Waals surface area contributed by atoms with Crippen molar-refractivity contribution >= 4 is 11.3 Å². The van der Waals surface area contributed by atoms with Crippen molar-refractivity contribution in [2.75, 3.05) is 0 Å². The van der Waals surface area contributed by atoms with Gasteiger partial charge in [0.05, 0.1) is 6.04 Å². The van der Waals surface area contributed by atoms with E-state index in [9.17, 15) is 0 Å². The molecule has 1 aromatic rings. The zero-order valence-corrected chi connectivity index (χ0v) is 11.7. The first kappa shape index (κ1) is 11.4. The Hall–Kier alpha value is -0.480. The Morgan fingerprint density at radius 2 is 1.67 bits per heavy atom. The van der Waals surface area contributed by atoms with E-state index < -0.39 is 0 Å². The highest BCUT2D eigenvalue weighted by Crippen LogP contribution is 2.60. The van der Waals surface area contributed by atoms with Gasteiger partial charge in [0.2, 0.25) is 0 Å². The van der Waals surface area contributed by atoms with E-state index in [0.29, 0.717) is 5.92 Å². The zero-order chi connectivity index (χ0) is 12.3. The molecule has 0 amide bonds. The molecule has 0 aliphatic heterocycles. The SMILES string of the molecule is CC(N)c1nnc(C2C3CC4CC(C3)CC2C4)s1. The van der Waals surface area contributed by atoms with Gasteiger partial charge < -0.3 is 5.73 Å². The molecule has 4 fully saturated rings. The Morgan fingerprint density at radius 3 is 2.17 bits per heavy atom. The van der Waals surface area contributed by atoms with Crippen LogP contribution in [0.4, 0.5) is 0 Å². The fourth-order valence-electron chi connectivity index (χ4n) is 4.89. The van der Waals surface area contributed by atoms with Gasteiger partial charge in [-0.2, -0.15) is 0 Å². The molecule has 2 N–H and O–H groups in total. The molecule has 98 valence electrons. The molecule has 1 unspecified atom stereocenters. The summed E-state index contributed by atoms with van der Waals surface area (Å²) in [5.41, 5.74) is 5.91. The highest BCUT2D eigenvalue weighted by molar-refractivity contribution is 7.11. The molecule has 4 bridgehead atoms. The van der Waals surface area contributed by atoms with Gasteiger partial charge in [-0.1, -0.05) is 11.3 Å². The Balaban J connectivity index is 1.64. The minimum atomic E-state index is 0.0353. The maximum atomic E-state index is 5.91. The number of hydrogen-bond donors (Lipinski definition) is 1. The summed E-state index contributed by atoms with van der Waals surface area (Å²) in [4.78, 5) is 0. The first-order chi connectivity index (χ1) is 8.70. The van der Waals surface area contributed by atoms with E-state index in [1.54, 1.807) is 11.3 Å². The van der Waals surface area contributed by atoms with Gasteiger partial charge in [-0.05, 0) is 62.7 Å². The molecule has 0 spiro atoms. The van der Waals surface area contributed by atoms with Crippen LogP contribution in [0.1, 0.15) is 61.0 Å². The lowest BCUT2D eigenvalue weighted by atomic mass is 9.52. The summed E-state index contributed by atoms with van der Waals surface area (Å²) in [7, 11) is 0. The van der Waals surface area contributed by atoms with Crippen LogP contribution in [0.15, 0.2) is 0 Å². The molecule has 1 atom stereocenters. The molecule has 1 aromatic heterocycles. The third kappa shape index (κ3) is 1.65. The molecule has 4 saturated carbocycles. The third-order valence-electron chi connectivity index (χ3n) is 5.36. The second kappa shape index (κ2) is 4.01. The molecular weight excluding hydrogens is 242 g/mol. The molecular formula is C14H21N3S. The summed E-state index contributed by atoms with van der Waals surface area (Å²) >= 11 is 1.77. The van der Waals surface area contributed by atoms with Crippen molar-refractivity contribution < 1.29 is 0 Å². The van der Waals surface area contributed by atoms with E-state index in [-0.39, 0.29) is 6.04 Å². The number of aromatic nitrogens is 2. The van der Waals surface area contributed by atoms with Crippen molar-refractivity contribution in [3.63, 3.8) is 0 Å². The predicted molar refractivity (Wildman–Crippen MR) is 72.3 cm³/mol. The second-order valence-corrected chi connectivity index (χ2v) is 7.76. The van der Waals surface area contributed by atoms with E-state index in [1.165, 1.54) is 37.1 Å². The lowest BCUT2D eigenvalue weighted by Crippen LogP contribution is -2.43. The molecule has 4 aliphatic rings. The predicted octanol–water partition coefficient (Wildman–Crippen LogP) is 3.10. The van der Waals surface area contributed by atoms with Crippen molar-refractivity contribution in [1.29, 1.82) is 0 Å². The van der Waals surface area contributed by atoms with Crippen LogP contribution in [0.2, 0.25) is 0 Å². The van der Waals surface area contributed by atoms with Crippen LogP contribution in [0.25, 0.3) is 0 Å². The van der Waals surface area contributed by atoms with E-state index in [4.69, 9.17) is 5.73 Å². The van der Waals surface area contributed by atoms with Gasteiger partial charge in [0.15, 0.2) is 0 Å². The molecule has 3 nitrogen and oxygen atoms in total. The average Bonchev–Trinajstić information content (AvgIpc) is 2.77. The Kier molecular flexibility index (Phi) is 2.53. The van der Waals surface area contributed by atoms with E-state index in [2.05, 4.69) is 10.2 Å². The van der Waals surface area contributed by atoms with Gasteiger partial charge in [0, 0.05) is 5.92 Å². The average molecular weight is 263 g/mol. The van der Waals surface area contributed by atoms with Crippen molar-refractivity contribution in [1.82, 2.24) is 10.2 Å². The Labute approximate surface area is 112 Å². The maximum Gasteiger partial charge on any atom is 0.133 e. The highest BCUT2D eigenvalue weighted by atomic mass is 32.1. The molecule has 0 saturated heterocycles. The van der Waals surface area contributed by atoms with Gasteiger partial charge in [-0.25, -0.2) is 0 Å². The van der Waals surface area contributed by atoms with Gasteiger partial charge in [0.1, 0.15) is 10.0 Å². The van der Waals surface area contributed by atoms with Crippen molar-refractivity contribution in [3.8, 4) is 0 Å². The summed E-state index contributed by atoms with van der Waals surface area (Å²) < 4.78 is 0. The van der Waals surface area contributed by atoms with Crippen LogP contribution in [-0.4, -0.2) is 10.2 Å². The molecule has 5 rings (SSSR count). The summed E-state index contributed by atoms with van der Waals surface area (Å²) in [5, 5.41) is 11.1. The van der Waals surface area contributed by atoms with Crippen molar-refractivity contribution in [2.24, 2.45) is 29.4 Å². The van der Waals surface area contributed by atoms with Crippen LogP contribution in [0.3, 0.4) is 0 Å². The van der Waals surface area contributed by atoms with Gasteiger partial charge in [-0.15, -0.1) is 10.2 Å². The minimum Gasteiger partial charge on any atom is -0.322 e. The minimum absolute atomic E-state index is 0.0353. The fourth-order valence-corrected chi connectivity index (χ4v) is 5.98. The maximum absolute atomic E-state index is 5.91.